The normalized spacial score (nSPS) is 24.4. The summed E-state index contributed by atoms with van der Waals surface area (Å²) in [6.07, 6.45) is 4.13. The lowest BCUT2D eigenvalue weighted by molar-refractivity contribution is -0.152. The average Bonchev–Trinajstić information content (AvgIpc) is 3.06. The van der Waals surface area contributed by atoms with Crippen LogP contribution in [0.2, 0.25) is 0 Å². The summed E-state index contributed by atoms with van der Waals surface area (Å²) < 4.78 is 10.6. The molecule has 5 nitrogen and oxygen atoms in total. The topological polar surface area (TPSA) is 55.8 Å². The van der Waals surface area contributed by atoms with Gasteiger partial charge in [0, 0.05) is 5.54 Å². The second-order valence-corrected chi connectivity index (χ2v) is 6.73. The van der Waals surface area contributed by atoms with E-state index in [9.17, 15) is 9.59 Å². The first-order valence-corrected chi connectivity index (χ1v) is 7.48. The molecule has 0 N–H and O–H groups in total. The van der Waals surface area contributed by atoms with Crippen LogP contribution in [0.25, 0.3) is 0 Å². The summed E-state index contributed by atoms with van der Waals surface area (Å²) in [4.78, 5) is 26.3. The van der Waals surface area contributed by atoms with E-state index in [1.807, 2.05) is 20.8 Å². The van der Waals surface area contributed by atoms with Crippen molar-refractivity contribution in [3.05, 3.63) is 0 Å². The Labute approximate surface area is 120 Å². The van der Waals surface area contributed by atoms with Crippen LogP contribution in [0.5, 0.6) is 0 Å². The summed E-state index contributed by atoms with van der Waals surface area (Å²) in [5, 5.41) is 0. The fraction of sp³-hybridized carbons (Fsp3) is 0.867. The molecular weight excluding hydrogens is 258 g/mol. The monoisotopic (exact) mass is 283 g/mol. The van der Waals surface area contributed by atoms with Crippen LogP contribution >= 0.6 is 0 Å². The maximum atomic E-state index is 12.5. The molecule has 1 aliphatic heterocycles. The zero-order valence-electron chi connectivity index (χ0n) is 12.9. The molecule has 2 fully saturated rings. The first-order valence-electron chi connectivity index (χ1n) is 7.48. The molecule has 1 amide bonds. The molecule has 1 saturated carbocycles. The van der Waals surface area contributed by atoms with Crippen LogP contribution in [0.15, 0.2) is 0 Å². The Balaban J connectivity index is 2.18. The largest absolute Gasteiger partial charge is 0.464 e. The molecule has 1 atom stereocenters. The molecule has 2 aliphatic rings. The lowest BCUT2D eigenvalue weighted by atomic mass is 9.94. The van der Waals surface area contributed by atoms with Crippen LogP contribution in [0, 0.1) is 0 Å². The lowest BCUT2D eigenvalue weighted by Crippen LogP contribution is -2.56. The van der Waals surface area contributed by atoms with Crippen LogP contribution in [0.1, 0.15) is 59.8 Å². The van der Waals surface area contributed by atoms with E-state index in [4.69, 9.17) is 9.47 Å². The van der Waals surface area contributed by atoms with Crippen LogP contribution in [-0.4, -0.2) is 40.8 Å². The highest BCUT2D eigenvalue weighted by Crippen LogP contribution is 2.50. The van der Waals surface area contributed by atoms with Gasteiger partial charge in [-0.1, -0.05) is 0 Å². The molecule has 1 aliphatic carbocycles. The molecule has 1 saturated heterocycles. The Morgan fingerprint density at radius 1 is 1.25 bits per heavy atom. The number of esters is 1. The lowest BCUT2D eigenvalue weighted by Gasteiger charge is -2.41. The number of ether oxygens (including phenoxy) is 2. The van der Waals surface area contributed by atoms with Crippen LogP contribution in [-0.2, 0) is 14.3 Å². The minimum Gasteiger partial charge on any atom is -0.464 e. The quantitative estimate of drug-likeness (QED) is 0.731. The maximum absolute atomic E-state index is 12.5. The number of rotatable bonds is 2. The number of piperidine rings is 1. The summed E-state index contributed by atoms with van der Waals surface area (Å²) in [7, 11) is 0. The zero-order valence-corrected chi connectivity index (χ0v) is 12.9. The average molecular weight is 283 g/mol. The van der Waals surface area contributed by atoms with Crippen molar-refractivity contribution < 1.29 is 19.1 Å². The SMILES string of the molecule is CCOC(=O)C1CCCC2(CC2)N1C(=O)OC(C)(C)C. The first kappa shape index (κ1) is 15.1. The molecule has 0 aromatic carbocycles. The fourth-order valence-electron chi connectivity index (χ4n) is 2.93. The molecule has 0 radical (unpaired) electrons. The van der Waals surface area contributed by atoms with Crippen LogP contribution in [0.3, 0.4) is 0 Å². The Bertz CT molecular complexity index is 395. The second kappa shape index (κ2) is 5.26. The van der Waals surface area contributed by atoms with Gasteiger partial charge in [-0.15, -0.1) is 0 Å². The van der Waals surface area contributed by atoms with Gasteiger partial charge in [0.1, 0.15) is 11.6 Å². The van der Waals surface area contributed by atoms with Gasteiger partial charge in [0.15, 0.2) is 0 Å². The number of likely N-dealkylation sites (tertiary alicyclic amines) is 1. The van der Waals surface area contributed by atoms with E-state index in [1.54, 1.807) is 11.8 Å². The number of carbonyl (C=O) groups excluding carboxylic acids is 2. The molecule has 0 aromatic rings. The van der Waals surface area contributed by atoms with E-state index in [2.05, 4.69) is 0 Å². The number of hydrogen-bond donors (Lipinski definition) is 0. The Morgan fingerprint density at radius 2 is 1.90 bits per heavy atom. The van der Waals surface area contributed by atoms with Gasteiger partial charge in [-0.25, -0.2) is 9.59 Å². The van der Waals surface area contributed by atoms with E-state index < -0.39 is 11.6 Å². The van der Waals surface area contributed by atoms with Gasteiger partial charge in [-0.3, -0.25) is 4.90 Å². The predicted octanol–water partition coefficient (Wildman–Crippen LogP) is 2.87. The van der Waals surface area contributed by atoms with Crippen LogP contribution in [0.4, 0.5) is 4.79 Å². The van der Waals surface area contributed by atoms with E-state index in [-0.39, 0.29) is 17.6 Å². The summed E-state index contributed by atoms with van der Waals surface area (Å²) in [5.74, 6) is -0.302. The fourth-order valence-corrected chi connectivity index (χ4v) is 2.93. The molecule has 5 heteroatoms. The van der Waals surface area contributed by atoms with Crippen molar-refractivity contribution in [3.8, 4) is 0 Å². The van der Waals surface area contributed by atoms with Gasteiger partial charge in [-0.2, -0.15) is 0 Å². The highest BCUT2D eigenvalue weighted by molar-refractivity contribution is 5.82. The van der Waals surface area contributed by atoms with Crippen molar-refractivity contribution in [2.24, 2.45) is 0 Å². The number of carbonyl (C=O) groups is 2. The zero-order chi connectivity index (χ0) is 15.0. The second-order valence-electron chi connectivity index (χ2n) is 6.73. The minimum absolute atomic E-state index is 0.155. The van der Waals surface area contributed by atoms with Crippen LogP contribution < -0.4 is 0 Å². The third-order valence-corrected chi connectivity index (χ3v) is 3.92. The van der Waals surface area contributed by atoms with E-state index in [0.29, 0.717) is 13.0 Å². The minimum atomic E-state index is -0.552. The number of amides is 1. The molecule has 114 valence electrons. The molecule has 2 rings (SSSR count). The van der Waals surface area contributed by atoms with E-state index >= 15 is 0 Å². The van der Waals surface area contributed by atoms with Crippen molar-refractivity contribution in [1.29, 1.82) is 0 Å². The van der Waals surface area contributed by atoms with Gasteiger partial charge >= 0.3 is 12.1 Å². The summed E-state index contributed by atoms with van der Waals surface area (Å²) in [6, 6.07) is -0.485. The number of nitrogens with zero attached hydrogens (tertiary/aromatic N) is 1. The molecule has 0 bridgehead atoms. The third-order valence-electron chi connectivity index (χ3n) is 3.92. The molecular formula is C15H25NO4. The molecule has 0 aromatic heterocycles. The third kappa shape index (κ3) is 3.07. The van der Waals surface area contributed by atoms with Crippen molar-refractivity contribution in [3.63, 3.8) is 0 Å². The molecule has 20 heavy (non-hydrogen) atoms. The number of hydrogen-bond acceptors (Lipinski definition) is 4. The van der Waals surface area contributed by atoms with Crippen molar-refractivity contribution in [2.45, 2.75) is 77.0 Å². The summed E-state index contributed by atoms with van der Waals surface area (Å²) in [6.45, 7) is 7.64. The standard InChI is InChI=1S/C15H25NO4/c1-5-19-12(17)11-7-6-8-15(9-10-15)16(11)13(18)20-14(2,3)4/h11H,5-10H2,1-4H3. The van der Waals surface area contributed by atoms with Gasteiger partial charge in [0.25, 0.3) is 0 Å². The highest BCUT2D eigenvalue weighted by atomic mass is 16.6. The Hall–Kier alpha value is -1.26. The van der Waals surface area contributed by atoms with Gasteiger partial charge in [0.2, 0.25) is 0 Å². The van der Waals surface area contributed by atoms with Gasteiger partial charge < -0.3 is 9.47 Å². The van der Waals surface area contributed by atoms with E-state index in [0.717, 1.165) is 25.7 Å². The molecule has 1 heterocycles. The Kier molecular flexibility index (Phi) is 3.98. The van der Waals surface area contributed by atoms with E-state index in [1.165, 1.54) is 0 Å². The highest BCUT2D eigenvalue weighted by Gasteiger charge is 2.57. The van der Waals surface area contributed by atoms with Crippen molar-refractivity contribution >= 4 is 12.1 Å². The summed E-state index contributed by atoms with van der Waals surface area (Å²) >= 11 is 0. The van der Waals surface area contributed by atoms with Gasteiger partial charge in [-0.05, 0) is 59.8 Å². The van der Waals surface area contributed by atoms with Crippen molar-refractivity contribution in [2.75, 3.05) is 6.61 Å². The summed E-state index contributed by atoms with van der Waals surface area (Å²) in [5.41, 5.74) is -0.707. The predicted molar refractivity (Wildman–Crippen MR) is 74.3 cm³/mol. The van der Waals surface area contributed by atoms with Gasteiger partial charge in [0.05, 0.1) is 6.61 Å². The van der Waals surface area contributed by atoms with Crippen molar-refractivity contribution in [1.82, 2.24) is 4.90 Å². The molecule has 1 unspecified atom stereocenters. The first-order chi connectivity index (χ1) is 9.29. The Morgan fingerprint density at radius 3 is 2.40 bits per heavy atom. The smallest absolute Gasteiger partial charge is 0.411 e. The maximum Gasteiger partial charge on any atom is 0.411 e. The molecule has 1 spiro atoms.